The van der Waals surface area contributed by atoms with Crippen molar-refractivity contribution in [2.75, 3.05) is 44.4 Å². The van der Waals surface area contributed by atoms with E-state index in [9.17, 15) is 14.4 Å². The highest BCUT2D eigenvalue weighted by Crippen LogP contribution is 2.29. The standard InChI is InChI=1S/C33H47N3O4S2/c1-5-27(37)18-26(20-32-34-29-7-6-25(22(2)3)19-31(29)42-32)33(39)35-28(24-10-14-40-15-11-24)8-9-30(38)23(4)21-36-12-16-41-17-13-36/h6-7,19,22,24,26,28H,4-5,8-18,20-21H2,1-3H3,(H,35,39)/t26-,28+/m0/s1. The fourth-order valence-corrected chi connectivity index (χ4v) is 7.82. The molecule has 2 atom stereocenters. The number of amides is 1. The Kier molecular flexibility index (Phi) is 12.6. The van der Waals surface area contributed by atoms with Crippen LogP contribution in [0.15, 0.2) is 30.4 Å². The Labute approximate surface area is 259 Å². The average Bonchev–Trinajstić information content (AvgIpc) is 3.41. The summed E-state index contributed by atoms with van der Waals surface area (Å²) in [6.45, 7) is 14.2. The van der Waals surface area contributed by atoms with Crippen LogP contribution in [0.3, 0.4) is 0 Å². The summed E-state index contributed by atoms with van der Waals surface area (Å²) in [7, 11) is 0. The van der Waals surface area contributed by atoms with Gasteiger partial charge in [0.15, 0.2) is 5.78 Å². The van der Waals surface area contributed by atoms with E-state index < -0.39 is 5.92 Å². The number of fused-ring (bicyclic) bond motifs is 1. The third-order valence-corrected chi connectivity index (χ3v) is 10.5. The molecule has 1 aromatic heterocycles. The fourth-order valence-electron chi connectivity index (χ4n) is 5.75. The largest absolute Gasteiger partial charge is 0.381 e. The van der Waals surface area contributed by atoms with Gasteiger partial charge in [-0.15, -0.1) is 11.3 Å². The van der Waals surface area contributed by atoms with Gasteiger partial charge in [0.2, 0.25) is 5.91 Å². The number of ketones is 2. The summed E-state index contributed by atoms with van der Waals surface area (Å²) < 4.78 is 6.71. The van der Waals surface area contributed by atoms with Crippen LogP contribution in [-0.4, -0.2) is 77.8 Å². The highest BCUT2D eigenvalue weighted by molar-refractivity contribution is 7.99. The monoisotopic (exact) mass is 613 g/mol. The number of thioether (sulfide) groups is 1. The Bertz CT molecular complexity index is 1230. The van der Waals surface area contributed by atoms with Crippen molar-refractivity contribution in [3.8, 4) is 0 Å². The Morgan fingerprint density at radius 2 is 1.90 bits per heavy atom. The number of thiazole rings is 1. The predicted molar refractivity (Wildman–Crippen MR) is 173 cm³/mol. The molecule has 2 aromatic rings. The maximum absolute atomic E-state index is 13.8. The summed E-state index contributed by atoms with van der Waals surface area (Å²) in [5.74, 6) is 2.39. The van der Waals surface area contributed by atoms with E-state index in [1.165, 1.54) is 5.56 Å². The van der Waals surface area contributed by atoms with E-state index in [1.807, 2.05) is 24.8 Å². The lowest BCUT2D eigenvalue weighted by Gasteiger charge is -2.32. The molecule has 2 saturated heterocycles. The topological polar surface area (TPSA) is 88.6 Å². The van der Waals surface area contributed by atoms with Gasteiger partial charge >= 0.3 is 0 Å². The second kappa shape index (κ2) is 16.1. The molecule has 3 heterocycles. The SMILES string of the molecule is C=C(CN1CCSCC1)C(=O)CC[C@@H](NC(=O)[C@@H](CC(=O)CC)Cc1nc2ccc(C(C)C)cc2s1)C1CCOCC1. The Balaban J connectivity index is 1.44. The number of Topliss-reactive ketones (excluding diaryl/α,β-unsaturated/α-hetero) is 2. The Hall–Kier alpha value is -2.07. The summed E-state index contributed by atoms with van der Waals surface area (Å²) in [5, 5.41) is 4.18. The van der Waals surface area contributed by atoms with Crippen LogP contribution in [0.5, 0.6) is 0 Å². The number of aromatic nitrogens is 1. The van der Waals surface area contributed by atoms with E-state index in [0.717, 1.165) is 52.7 Å². The molecule has 0 saturated carbocycles. The number of nitrogens with one attached hydrogen (secondary N) is 1. The molecule has 4 rings (SSSR count). The van der Waals surface area contributed by atoms with Crippen LogP contribution in [0.25, 0.3) is 10.2 Å². The zero-order valence-corrected chi connectivity index (χ0v) is 27.1. The van der Waals surface area contributed by atoms with Crippen molar-refractivity contribution in [2.24, 2.45) is 11.8 Å². The fraction of sp³-hybridized carbons (Fsp3) is 0.636. The van der Waals surface area contributed by atoms with Crippen molar-refractivity contribution >= 4 is 50.8 Å². The maximum Gasteiger partial charge on any atom is 0.224 e. The lowest BCUT2D eigenvalue weighted by atomic mass is 9.87. The molecule has 2 aliphatic rings. The number of benzene rings is 1. The van der Waals surface area contributed by atoms with Crippen molar-refractivity contribution in [1.82, 2.24) is 15.2 Å². The van der Waals surface area contributed by atoms with Crippen molar-refractivity contribution in [2.45, 2.75) is 77.7 Å². The minimum Gasteiger partial charge on any atom is -0.381 e. The Morgan fingerprint density at radius 1 is 1.17 bits per heavy atom. The van der Waals surface area contributed by atoms with E-state index in [2.05, 4.69) is 42.8 Å². The Morgan fingerprint density at radius 3 is 2.60 bits per heavy atom. The molecule has 9 heteroatoms. The van der Waals surface area contributed by atoms with Crippen LogP contribution in [0, 0.1) is 11.8 Å². The first-order valence-corrected chi connectivity index (χ1v) is 17.5. The molecular formula is C33H47N3O4S2. The van der Waals surface area contributed by atoms with Crippen molar-refractivity contribution < 1.29 is 19.1 Å². The third-order valence-electron chi connectivity index (χ3n) is 8.54. The van der Waals surface area contributed by atoms with Gasteiger partial charge in [-0.1, -0.05) is 33.4 Å². The quantitative estimate of drug-likeness (QED) is 0.254. The number of ether oxygens (including phenoxy) is 1. The third kappa shape index (κ3) is 9.46. The second-order valence-electron chi connectivity index (χ2n) is 12.0. The van der Waals surface area contributed by atoms with Gasteiger partial charge in [0, 0.05) is 81.7 Å². The van der Waals surface area contributed by atoms with Crippen molar-refractivity contribution in [3.63, 3.8) is 0 Å². The molecule has 2 fully saturated rings. The van der Waals surface area contributed by atoms with Gasteiger partial charge in [-0.2, -0.15) is 11.8 Å². The number of carbonyl (C=O) groups excluding carboxylic acids is 3. The molecule has 2 aliphatic heterocycles. The lowest BCUT2D eigenvalue weighted by Crippen LogP contribution is -2.46. The highest BCUT2D eigenvalue weighted by atomic mass is 32.2. The van der Waals surface area contributed by atoms with Crippen molar-refractivity contribution in [3.05, 3.63) is 40.9 Å². The van der Waals surface area contributed by atoms with E-state index in [-0.39, 0.29) is 35.9 Å². The number of rotatable bonds is 15. The van der Waals surface area contributed by atoms with Gasteiger partial charge in [-0.3, -0.25) is 19.3 Å². The van der Waals surface area contributed by atoms with Gasteiger partial charge in [0.05, 0.1) is 21.1 Å². The number of hydrogen-bond acceptors (Lipinski definition) is 8. The maximum atomic E-state index is 13.8. The molecule has 0 unspecified atom stereocenters. The van der Waals surface area contributed by atoms with Crippen LogP contribution in [-0.2, 0) is 25.5 Å². The highest BCUT2D eigenvalue weighted by Gasteiger charge is 2.30. The van der Waals surface area contributed by atoms with E-state index >= 15 is 0 Å². The van der Waals surface area contributed by atoms with Crippen LogP contribution in [0.1, 0.15) is 75.8 Å². The molecule has 0 radical (unpaired) electrons. The molecular weight excluding hydrogens is 567 g/mol. The van der Waals surface area contributed by atoms with Gasteiger partial charge in [0.25, 0.3) is 0 Å². The number of nitrogens with zero attached hydrogens (tertiary/aromatic N) is 2. The van der Waals surface area contributed by atoms with Crippen LogP contribution < -0.4 is 5.32 Å². The second-order valence-corrected chi connectivity index (χ2v) is 14.3. The predicted octanol–water partition coefficient (Wildman–Crippen LogP) is 5.81. The minimum atomic E-state index is -0.493. The molecule has 42 heavy (non-hydrogen) atoms. The van der Waals surface area contributed by atoms with Crippen LogP contribution in [0.4, 0.5) is 0 Å². The van der Waals surface area contributed by atoms with Gasteiger partial charge in [-0.05, 0) is 48.8 Å². The van der Waals surface area contributed by atoms with Crippen LogP contribution >= 0.6 is 23.1 Å². The zero-order valence-electron chi connectivity index (χ0n) is 25.5. The smallest absolute Gasteiger partial charge is 0.224 e. The first-order valence-electron chi connectivity index (χ1n) is 15.5. The average molecular weight is 614 g/mol. The van der Waals surface area contributed by atoms with Crippen molar-refractivity contribution in [1.29, 1.82) is 0 Å². The first-order chi connectivity index (χ1) is 20.2. The van der Waals surface area contributed by atoms with E-state index in [1.54, 1.807) is 11.3 Å². The lowest BCUT2D eigenvalue weighted by molar-refractivity contribution is -0.130. The summed E-state index contributed by atoms with van der Waals surface area (Å²) >= 11 is 3.56. The summed E-state index contributed by atoms with van der Waals surface area (Å²) in [4.78, 5) is 46.6. The molecule has 1 aromatic carbocycles. The molecule has 1 amide bonds. The summed E-state index contributed by atoms with van der Waals surface area (Å²) in [6, 6.07) is 6.20. The molecule has 0 spiro atoms. The summed E-state index contributed by atoms with van der Waals surface area (Å²) in [5.41, 5.74) is 2.85. The molecule has 1 N–H and O–H groups in total. The molecule has 230 valence electrons. The molecule has 0 bridgehead atoms. The van der Waals surface area contributed by atoms with Gasteiger partial charge < -0.3 is 10.1 Å². The van der Waals surface area contributed by atoms with Gasteiger partial charge in [0.1, 0.15) is 5.78 Å². The number of carbonyl (C=O) groups is 3. The van der Waals surface area contributed by atoms with Crippen LogP contribution in [0.2, 0.25) is 0 Å². The zero-order chi connectivity index (χ0) is 30.1. The molecule has 7 nitrogen and oxygen atoms in total. The number of hydrogen-bond donors (Lipinski definition) is 1. The summed E-state index contributed by atoms with van der Waals surface area (Å²) in [6.07, 6.45) is 3.64. The minimum absolute atomic E-state index is 0.0727. The first kappa shape index (κ1) is 32.8. The van der Waals surface area contributed by atoms with E-state index in [0.29, 0.717) is 56.9 Å². The van der Waals surface area contributed by atoms with E-state index in [4.69, 9.17) is 9.72 Å². The van der Waals surface area contributed by atoms with Gasteiger partial charge in [-0.25, -0.2) is 4.98 Å². The normalized spacial score (nSPS) is 18.2. The molecule has 0 aliphatic carbocycles.